The Balaban J connectivity index is 1.40. The average Bonchev–Trinajstić information content (AvgIpc) is 2.51. The molecule has 0 aromatic heterocycles. The van der Waals surface area contributed by atoms with Crippen LogP contribution in [0.2, 0.25) is 0 Å². The molecule has 1 saturated carbocycles. The third-order valence-corrected chi connectivity index (χ3v) is 4.91. The summed E-state index contributed by atoms with van der Waals surface area (Å²) in [5, 5.41) is 3.92. The van der Waals surface area contributed by atoms with E-state index in [4.69, 9.17) is 0 Å². The number of hydrogen-bond donors (Lipinski definition) is 1. The molecule has 20 heavy (non-hydrogen) atoms. The molecule has 1 aliphatic carbocycles. The van der Waals surface area contributed by atoms with Crippen LogP contribution < -0.4 is 5.32 Å². The maximum atomic E-state index is 3.92. The molecule has 2 nitrogen and oxygen atoms in total. The van der Waals surface area contributed by atoms with E-state index in [0.29, 0.717) is 0 Å². The van der Waals surface area contributed by atoms with E-state index in [0.717, 1.165) is 18.6 Å². The molecule has 1 aromatic carbocycles. The first-order valence-corrected chi connectivity index (χ1v) is 8.42. The molecule has 0 bridgehead atoms. The van der Waals surface area contributed by atoms with Crippen LogP contribution in [-0.2, 0) is 6.54 Å². The second-order valence-electron chi connectivity index (χ2n) is 6.54. The fourth-order valence-electron chi connectivity index (χ4n) is 3.70. The third kappa shape index (κ3) is 4.07. The summed E-state index contributed by atoms with van der Waals surface area (Å²) in [7, 11) is 0. The van der Waals surface area contributed by atoms with Crippen molar-refractivity contribution < 1.29 is 0 Å². The van der Waals surface area contributed by atoms with Crippen molar-refractivity contribution in [2.24, 2.45) is 0 Å². The van der Waals surface area contributed by atoms with E-state index in [1.165, 1.54) is 63.6 Å². The SMILES string of the molecule is c1ccc(CN2CCC(NC3CCCCC3)CC2)cc1. The summed E-state index contributed by atoms with van der Waals surface area (Å²) in [6, 6.07) is 12.5. The number of nitrogens with zero attached hydrogens (tertiary/aromatic N) is 1. The van der Waals surface area contributed by atoms with Gasteiger partial charge in [-0.1, -0.05) is 49.6 Å². The van der Waals surface area contributed by atoms with E-state index in [1.54, 1.807) is 0 Å². The van der Waals surface area contributed by atoms with Crippen molar-refractivity contribution >= 4 is 0 Å². The van der Waals surface area contributed by atoms with E-state index in [1.807, 2.05) is 0 Å². The molecule has 0 spiro atoms. The van der Waals surface area contributed by atoms with Gasteiger partial charge < -0.3 is 5.32 Å². The van der Waals surface area contributed by atoms with Gasteiger partial charge in [0.05, 0.1) is 0 Å². The molecule has 1 saturated heterocycles. The van der Waals surface area contributed by atoms with Crippen LogP contribution in [0.1, 0.15) is 50.5 Å². The molecular formula is C18H28N2. The molecule has 0 amide bonds. The van der Waals surface area contributed by atoms with Crippen molar-refractivity contribution in [2.75, 3.05) is 13.1 Å². The predicted octanol–water partition coefficient (Wildman–Crippen LogP) is 3.57. The molecule has 0 atom stereocenters. The summed E-state index contributed by atoms with van der Waals surface area (Å²) in [5.74, 6) is 0. The van der Waals surface area contributed by atoms with Gasteiger partial charge in [-0.2, -0.15) is 0 Å². The highest BCUT2D eigenvalue weighted by Gasteiger charge is 2.22. The summed E-state index contributed by atoms with van der Waals surface area (Å²) in [6.45, 7) is 3.62. The van der Waals surface area contributed by atoms with Gasteiger partial charge in [0.15, 0.2) is 0 Å². The quantitative estimate of drug-likeness (QED) is 0.901. The van der Waals surface area contributed by atoms with Gasteiger partial charge in [-0.15, -0.1) is 0 Å². The van der Waals surface area contributed by atoms with Crippen LogP contribution in [0.3, 0.4) is 0 Å². The molecule has 1 N–H and O–H groups in total. The van der Waals surface area contributed by atoms with Crippen molar-refractivity contribution in [3.63, 3.8) is 0 Å². The third-order valence-electron chi connectivity index (χ3n) is 4.91. The normalized spacial score (nSPS) is 23.0. The molecule has 1 heterocycles. The molecular weight excluding hydrogens is 244 g/mol. The van der Waals surface area contributed by atoms with Crippen molar-refractivity contribution in [3.05, 3.63) is 35.9 Å². The monoisotopic (exact) mass is 272 g/mol. The highest BCUT2D eigenvalue weighted by molar-refractivity contribution is 5.14. The summed E-state index contributed by atoms with van der Waals surface area (Å²) in [5.41, 5.74) is 1.45. The first-order chi connectivity index (χ1) is 9.90. The highest BCUT2D eigenvalue weighted by atomic mass is 15.1. The van der Waals surface area contributed by atoms with Gasteiger partial charge in [0.25, 0.3) is 0 Å². The first-order valence-electron chi connectivity index (χ1n) is 8.42. The molecule has 1 aromatic rings. The minimum Gasteiger partial charge on any atom is -0.311 e. The molecule has 0 unspecified atom stereocenters. The lowest BCUT2D eigenvalue weighted by Gasteiger charge is -2.35. The van der Waals surface area contributed by atoms with Crippen molar-refractivity contribution in [1.29, 1.82) is 0 Å². The Morgan fingerprint density at radius 3 is 2.20 bits per heavy atom. The fourth-order valence-corrected chi connectivity index (χ4v) is 3.70. The van der Waals surface area contributed by atoms with Crippen LogP contribution in [0.25, 0.3) is 0 Å². The van der Waals surface area contributed by atoms with Gasteiger partial charge in [0, 0.05) is 18.6 Å². The van der Waals surface area contributed by atoms with Crippen LogP contribution in [0, 0.1) is 0 Å². The van der Waals surface area contributed by atoms with E-state index in [2.05, 4.69) is 40.5 Å². The van der Waals surface area contributed by atoms with Crippen LogP contribution in [-0.4, -0.2) is 30.1 Å². The van der Waals surface area contributed by atoms with Crippen LogP contribution in [0.15, 0.2) is 30.3 Å². The average molecular weight is 272 g/mol. The molecule has 110 valence electrons. The number of hydrogen-bond acceptors (Lipinski definition) is 2. The van der Waals surface area contributed by atoms with Crippen molar-refractivity contribution in [2.45, 2.75) is 63.6 Å². The number of nitrogens with one attached hydrogen (secondary N) is 1. The molecule has 2 aliphatic rings. The molecule has 1 aliphatic heterocycles. The van der Waals surface area contributed by atoms with Gasteiger partial charge in [-0.3, -0.25) is 4.90 Å². The summed E-state index contributed by atoms with van der Waals surface area (Å²) in [4.78, 5) is 2.61. The van der Waals surface area contributed by atoms with Crippen LogP contribution >= 0.6 is 0 Å². The summed E-state index contributed by atoms with van der Waals surface area (Å²) >= 11 is 0. The minimum atomic E-state index is 0.769. The minimum absolute atomic E-state index is 0.769. The van der Waals surface area contributed by atoms with Gasteiger partial charge >= 0.3 is 0 Å². The predicted molar refractivity (Wildman–Crippen MR) is 84.7 cm³/mol. The molecule has 2 heteroatoms. The second kappa shape index (κ2) is 7.24. The standard InChI is InChI=1S/C18H28N2/c1-3-7-16(8-4-1)15-20-13-11-18(12-14-20)19-17-9-5-2-6-10-17/h1,3-4,7-8,17-19H,2,5-6,9-15H2. The zero-order valence-corrected chi connectivity index (χ0v) is 12.6. The number of likely N-dealkylation sites (tertiary alicyclic amines) is 1. The Bertz CT molecular complexity index is 376. The Kier molecular flexibility index (Phi) is 5.10. The van der Waals surface area contributed by atoms with Crippen LogP contribution in [0.4, 0.5) is 0 Å². The second-order valence-corrected chi connectivity index (χ2v) is 6.54. The zero-order valence-electron chi connectivity index (χ0n) is 12.6. The molecule has 2 fully saturated rings. The zero-order chi connectivity index (χ0) is 13.6. The summed E-state index contributed by atoms with van der Waals surface area (Å²) in [6.07, 6.45) is 9.78. The Morgan fingerprint density at radius 1 is 0.850 bits per heavy atom. The van der Waals surface area contributed by atoms with Gasteiger partial charge in [-0.05, 0) is 44.3 Å². The Hall–Kier alpha value is -0.860. The molecule has 0 radical (unpaired) electrons. The van der Waals surface area contributed by atoms with E-state index >= 15 is 0 Å². The number of rotatable bonds is 4. The Morgan fingerprint density at radius 2 is 1.50 bits per heavy atom. The van der Waals surface area contributed by atoms with Gasteiger partial charge in [0.1, 0.15) is 0 Å². The van der Waals surface area contributed by atoms with Crippen LogP contribution in [0.5, 0.6) is 0 Å². The fraction of sp³-hybridized carbons (Fsp3) is 0.667. The topological polar surface area (TPSA) is 15.3 Å². The highest BCUT2D eigenvalue weighted by Crippen LogP contribution is 2.20. The number of benzene rings is 1. The largest absolute Gasteiger partial charge is 0.311 e. The van der Waals surface area contributed by atoms with E-state index < -0.39 is 0 Å². The lowest BCUT2D eigenvalue weighted by molar-refractivity contribution is 0.178. The lowest BCUT2D eigenvalue weighted by Crippen LogP contribution is -2.46. The van der Waals surface area contributed by atoms with E-state index in [9.17, 15) is 0 Å². The van der Waals surface area contributed by atoms with Crippen molar-refractivity contribution in [1.82, 2.24) is 10.2 Å². The summed E-state index contributed by atoms with van der Waals surface area (Å²) < 4.78 is 0. The molecule has 3 rings (SSSR count). The van der Waals surface area contributed by atoms with Gasteiger partial charge in [-0.25, -0.2) is 0 Å². The van der Waals surface area contributed by atoms with E-state index in [-0.39, 0.29) is 0 Å². The van der Waals surface area contributed by atoms with Crippen molar-refractivity contribution in [3.8, 4) is 0 Å². The van der Waals surface area contributed by atoms with Gasteiger partial charge in [0.2, 0.25) is 0 Å². The maximum Gasteiger partial charge on any atom is 0.0233 e. The first kappa shape index (κ1) is 14.1. The Labute approximate surface area is 123 Å². The number of piperidine rings is 1. The lowest BCUT2D eigenvalue weighted by atomic mass is 9.93. The smallest absolute Gasteiger partial charge is 0.0233 e. The maximum absolute atomic E-state index is 3.92.